The van der Waals surface area contributed by atoms with E-state index in [4.69, 9.17) is 17.3 Å². The van der Waals surface area contributed by atoms with Crippen molar-refractivity contribution < 1.29 is 9.90 Å². The first-order valence-electron chi connectivity index (χ1n) is 5.45. The van der Waals surface area contributed by atoms with E-state index in [0.717, 1.165) is 5.56 Å². The molecule has 2 unspecified atom stereocenters. The Morgan fingerprint density at radius 1 is 1.44 bits per heavy atom. The predicted octanol–water partition coefficient (Wildman–Crippen LogP) is 1.65. The van der Waals surface area contributed by atoms with Crippen LogP contribution < -0.4 is 11.1 Å². The molecule has 2 atom stereocenters. The number of hydrogen-bond acceptors (Lipinski definition) is 3. The Balaban J connectivity index is 0.00000289. The summed E-state index contributed by atoms with van der Waals surface area (Å²) in [7, 11) is 0. The van der Waals surface area contributed by atoms with E-state index < -0.39 is 6.10 Å². The van der Waals surface area contributed by atoms with Gasteiger partial charge in [0, 0.05) is 24.0 Å². The molecule has 1 amide bonds. The summed E-state index contributed by atoms with van der Waals surface area (Å²) in [5.74, 6) is -0.159. The maximum absolute atomic E-state index is 11.3. The standard InChI is InChI=1S/C12H17ClN2O2.ClH/c1-8(14)6-12(17)15-7-11(16)9-2-4-10(13)5-3-9;/h2-5,8,11,16H,6-7,14H2,1H3,(H,15,17);1H. The van der Waals surface area contributed by atoms with E-state index in [2.05, 4.69) is 5.32 Å². The summed E-state index contributed by atoms with van der Waals surface area (Å²) in [4.78, 5) is 11.3. The van der Waals surface area contributed by atoms with Crippen LogP contribution in [0.5, 0.6) is 0 Å². The minimum Gasteiger partial charge on any atom is -0.387 e. The number of rotatable bonds is 5. The lowest BCUT2D eigenvalue weighted by Gasteiger charge is -2.13. The van der Waals surface area contributed by atoms with Gasteiger partial charge >= 0.3 is 0 Å². The number of benzene rings is 1. The molecule has 1 rings (SSSR count). The van der Waals surface area contributed by atoms with Gasteiger partial charge in [-0.1, -0.05) is 23.7 Å². The summed E-state index contributed by atoms with van der Waals surface area (Å²) in [6.07, 6.45) is -0.475. The smallest absolute Gasteiger partial charge is 0.221 e. The quantitative estimate of drug-likeness (QED) is 0.772. The van der Waals surface area contributed by atoms with Crippen LogP contribution in [0.1, 0.15) is 25.0 Å². The van der Waals surface area contributed by atoms with Crippen molar-refractivity contribution in [3.8, 4) is 0 Å². The molecular weight excluding hydrogens is 275 g/mol. The van der Waals surface area contributed by atoms with Crippen molar-refractivity contribution in [2.24, 2.45) is 5.73 Å². The number of amides is 1. The van der Waals surface area contributed by atoms with Crippen LogP contribution in [0, 0.1) is 0 Å². The van der Waals surface area contributed by atoms with Gasteiger partial charge in [-0.15, -0.1) is 12.4 Å². The van der Waals surface area contributed by atoms with Crippen molar-refractivity contribution in [3.63, 3.8) is 0 Å². The molecule has 4 N–H and O–H groups in total. The maximum atomic E-state index is 11.3. The van der Waals surface area contributed by atoms with Crippen LogP contribution in [0.2, 0.25) is 5.02 Å². The second-order valence-electron chi connectivity index (χ2n) is 4.05. The highest BCUT2D eigenvalue weighted by Gasteiger charge is 2.10. The first-order chi connectivity index (χ1) is 7.99. The van der Waals surface area contributed by atoms with Gasteiger partial charge in [-0.25, -0.2) is 0 Å². The average Bonchev–Trinajstić information content (AvgIpc) is 2.26. The van der Waals surface area contributed by atoms with E-state index >= 15 is 0 Å². The molecule has 0 aliphatic rings. The Bertz CT molecular complexity index is 369. The summed E-state index contributed by atoms with van der Waals surface area (Å²) in [5.41, 5.74) is 6.21. The molecule has 0 spiro atoms. The maximum Gasteiger partial charge on any atom is 0.221 e. The lowest BCUT2D eigenvalue weighted by molar-refractivity contribution is -0.121. The van der Waals surface area contributed by atoms with Crippen LogP contribution in [0.4, 0.5) is 0 Å². The monoisotopic (exact) mass is 292 g/mol. The van der Waals surface area contributed by atoms with Gasteiger partial charge < -0.3 is 16.2 Å². The third-order valence-corrected chi connectivity index (χ3v) is 2.51. The Hall–Kier alpha value is -0.810. The first kappa shape index (κ1) is 17.2. The van der Waals surface area contributed by atoms with Gasteiger partial charge in [-0.05, 0) is 24.6 Å². The third-order valence-electron chi connectivity index (χ3n) is 2.25. The Morgan fingerprint density at radius 3 is 2.50 bits per heavy atom. The van der Waals surface area contributed by atoms with Crippen LogP contribution in [0.3, 0.4) is 0 Å². The molecule has 102 valence electrons. The molecule has 0 radical (unpaired) electrons. The molecule has 0 saturated carbocycles. The third kappa shape index (κ3) is 6.21. The van der Waals surface area contributed by atoms with Gasteiger partial charge in [0.25, 0.3) is 0 Å². The molecule has 0 fully saturated rings. The van der Waals surface area contributed by atoms with Gasteiger partial charge in [0.15, 0.2) is 0 Å². The van der Waals surface area contributed by atoms with E-state index in [1.165, 1.54) is 0 Å². The topological polar surface area (TPSA) is 75.4 Å². The molecular formula is C12H18Cl2N2O2. The fourth-order valence-electron chi connectivity index (χ4n) is 1.38. The number of halogens is 2. The molecule has 0 aliphatic heterocycles. The molecule has 6 heteroatoms. The zero-order valence-electron chi connectivity index (χ0n) is 10.1. The summed E-state index contributed by atoms with van der Waals surface area (Å²) >= 11 is 5.74. The van der Waals surface area contributed by atoms with Crippen molar-refractivity contribution in [3.05, 3.63) is 34.9 Å². The lowest BCUT2D eigenvalue weighted by Crippen LogP contribution is -2.32. The summed E-state index contributed by atoms with van der Waals surface area (Å²) in [6, 6.07) is 6.67. The van der Waals surface area contributed by atoms with Crippen LogP contribution >= 0.6 is 24.0 Å². The molecule has 0 bridgehead atoms. The zero-order chi connectivity index (χ0) is 12.8. The first-order valence-corrected chi connectivity index (χ1v) is 5.82. The molecule has 1 aromatic rings. The van der Waals surface area contributed by atoms with E-state index in [1.807, 2.05) is 0 Å². The number of nitrogens with one attached hydrogen (secondary N) is 1. The summed E-state index contributed by atoms with van der Waals surface area (Å²) in [6.45, 7) is 1.93. The number of aliphatic hydroxyl groups excluding tert-OH is 1. The number of nitrogens with two attached hydrogens (primary N) is 1. The lowest BCUT2D eigenvalue weighted by atomic mass is 10.1. The van der Waals surface area contributed by atoms with Crippen LogP contribution in [-0.4, -0.2) is 23.6 Å². The highest BCUT2D eigenvalue weighted by molar-refractivity contribution is 6.30. The molecule has 0 aromatic heterocycles. The van der Waals surface area contributed by atoms with Crippen LogP contribution in [0.15, 0.2) is 24.3 Å². The molecule has 0 saturated heterocycles. The fourth-order valence-corrected chi connectivity index (χ4v) is 1.50. The van der Waals surface area contributed by atoms with E-state index in [9.17, 15) is 9.90 Å². The fraction of sp³-hybridized carbons (Fsp3) is 0.417. The van der Waals surface area contributed by atoms with E-state index in [-0.39, 0.29) is 37.3 Å². The average molecular weight is 293 g/mol. The van der Waals surface area contributed by atoms with Crippen molar-refractivity contribution in [2.45, 2.75) is 25.5 Å². The highest BCUT2D eigenvalue weighted by atomic mass is 35.5. The molecule has 0 heterocycles. The number of carbonyl (C=O) groups is 1. The Labute approximate surface area is 118 Å². The SMILES string of the molecule is CC(N)CC(=O)NCC(O)c1ccc(Cl)cc1.Cl. The number of aliphatic hydroxyl groups is 1. The molecule has 0 aliphatic carbocycles. The van der Waals surface area contributed by atoms with Gasteiger partial charge in [-0.2, -0.15) is 0 Å². The summed E-state index contributed by atoms with van der Waals surface area (Å²) < 4.78 is 0. The van der Waals surface area contributed by atoms with Crippen LogP contribution in [-0.2, 0) is 4.79 Å². The largest absolute Gasteiger partial charge is 0.387 e. The number of hydrogen-bond donors (Lipinski definition) is 3. The molecule has 4 nitrogen and oxygen atoms in total. The molecule has 18 heavy (non-hydrogen) atoms. The number of carbonyl (C=O) groups excluding carboxylic acids is 1. The van der Waals surface area contributed by atoms with Gasteiger partial charge in [0.1, 0.15) is 0 Å². The second-order valence-corrected chi connectivity index (χ2v) is 4.49. The predicted molar refractivity (Wildman–Crippen MR) is 74.9 cm³/mol. The van der Waals surface area contributed by atoms with E-state index in [1.54, 1.807) is 31.2 Å². The van der Waals surface area contributed by atoms with Crippen LogP contribution in [0.25, 0.3) is 0 Å². The van der Waals surface area contributed by atoms with Crippen molar-refractivity contribution in [2.75, 3.05) is 6.54 Å². The minimum absolute atomic E-state index is 0. The van der Waals surface area contributed by atoms with Gasteiger partial charge in [0.2, 0.25) is 5.91 Å². The highest BCUT2D eigenvalue weighted by Crippen LogP contribution is 2.15. The Kier molecular flexibility index (Phi) is 7.95. The van der Waals surface area contributed by atoms with Crippen molar-refractivity contribution in [1.82, 2.24) is 5.32 Å². The van der Waals surface area contributed by atoms with Gasteiger partial charge in [0.05, 0.1) is 6.10 Å². The Morgan fingerprint density at radius 2 is 2.00 bits per heavy atom. The normalized spacial score (nSPS) is 13.3. The van der Waals surface area contributed by atoms with Gasteiger partial charge in [-0.3, -0.25) is 4.79 Å². The van der Waals surface area contributed by atoms with Crippen molar-refractivity contribution >= 4 is 29.9 Å². The second kappa shape index (κ2) is 8.32. The van der Waals surface area contributed by atoms with Crippen molar-refractivity contribution in [1.29, 1.82) is 0 Å². The van der Waals surface area contributed by atoms with E-state index in [0.29, 0.717) is 5.02 Å². The molecule has 1 aromatic carbocycles. The summed E-state index contributed by atoms with van der Waals surface area (Å²) in [5, 5.41) is 13.0. The minimum atomic E-state index is -0.732. The zero-order valence-corrected chi connectivity index (χ0v) is 11.7.